The molecule has 266 valence electrons. The van der Waals surface area contributed by atoms with Gasteiger partial charge in [-0.1, -0.05) is 49.4 Å². The summed E-state index contributed by atoms with van der Waals surface area (Å²) in [6.07, 6.45) is 2.09. The van der Waals surface area contributed by atoms with Gasteiger partial charge in [-0.3, -0.25) is 14.4 Å². The van der Waals surface area contributed by atoms with Crippen LogP contribution in [0, 0.1) is 0 Å². The maximum Gasteiger partial charge on any atom is 0.272 e. The molecule has 5 aromatic rings. The van der Waals surface area contributed by atoms with Crippen LogP contribution in [-0.2, 0) is 9.59 Å². The van der Waals surface area contributed by atoms with E-state index in [1.807, 2.05) is 43.3 Å². The third-order valence-corrected chi connectivity index (χ3v) is 9.02. The van der Waals surface area contributed by atoms with Crippen LogP contribution in [0.1, 0.15) is 29.3 Å². The molecule has 1 atom stereocenters. The van der Waals surface area contributed by atoms with Crippen molar-refractivity contribution in [2.24, 2.45) is 0 Å². The summed E-state index contributed by atoms with van der Waals surface area (Å²) in [5, 5.41) is 8.21. The van der Waals surface area contributed by atoms with E-state index < -0.39 is 17.1 Å². The summed E-state index contributed by atoms with van der Waals surface area (Å²) in [6, 6.07) is 35.8. The van der Waals surface area contributed by atoms with Gasteiger partial charge in [-0.05, 0) is 96.9 Å². The molecular formula is C41H39N3O7S. The second-order valence-corrected chi connectivity index (χ2v) is 12.5. The van der Waals surface area contributed by atoms with Crippen LogP contribution in [0.5, 0.6) is 28.7 Å². The van der Waals surface area contributed by atoms with E-state index in [4.69, 9.17) is 18.9 Å². The Hall–Kier alpha value is -6.20. The first-order valence-electron chi connectivity index (χ1n) is 16.4. The number of carbonyl (C=O) groups excluding carboxylic acids is 3. The number of nitrogens with one attached hydrogen (secondary N) is 3. The summed E-state index contributed by atoms with van der Waals surface area (Å²) in [5.74, 6) is 1.36. The number of thioether (sulfide) groups is 1. The molecule has 5 rings (SSSR count). The standard InChI is InChI=1S/C41H39N3O7S/c1-5-37(41(47)42-29-19-21-32(22-20-29)51-31-16-10-7-11-17-31)52-33-18-12-15-30(26-33)43-40(46)34(44-39(45)28-13-8-6-9-14-28)23-27-24-35(48-2)38(50-4)36(25-27)49-3/h6-26,37H,5H2,1-4H3,(H,42,47)(H,43,46)(H,44,45)/b34-23+. The summed E-state index contributed by atoms with van der Waals surface area (Å²) in [4.78, 5) is 41.0. The van der Waals surface area contributed by atoms with Gasteiger partial charge in [-0.15, -0.1) is 11.8 Å². The number of benzene rings is 5. The lowest BCUT2D eigenvalue weighted by Gasteiger charge is -2.16. The van der Waals surface area contributed by atoms with Crippen molar-refractivity contribution in [1.29, 1.82) is 0 Å². The molecular weight excluding hydrogens is 679 g/mol. The van der Waals surface area contributed by atoms with Crippen LogP contribution in [0.15, 0.2) is 132 Å². The summed E-state index contributed by atoms with van der Waals surface area (Å²) in [5.41, 5.74) is 2.00. The zero-order valence-electron chi connectivity index (χ0n) is 29.2. The second-order valence-electron chi connectivity index (χ2n) is 11.3. The van der Waals surface area contributed by atoms with Gasteiger partial charge in [0.25, 0.3) is 11.8 Å². The molecule has 0 fully saturated rings. The highest BCUT2D eigenvalue weighted by Gasteiger charge is 2.20. The highest BCUT2D eigenvalue weighted by atomic mass is 32.2. The van der Waals surface area contributed by atoms with Crippen LogP contribution < -0.4 is 34.9 Å². The normalized spacial score (nSPS) is 11.5. The Kier molecular flexibility index (Phi) is 12.9. The molecule has 3 amide bonds. The van der Waals surface area contributed by atoms with Gasteiger partial charge < -0.3 is 34.9 Å². The summed E-state index contributed by atoms with van der Waals surface area (Å²) in [7, 11) is 4.48. The van der Waals surface area contributed by atoms with E-state index in [9.17, 15) is 14.4 Å². The average Bonchev–Trinajstić information content (AvgIpc) is 3.17. The third kappa shape index (κ3) is 9.95. The minimum atomic E-state index is -0.565. The highest BCUT2D eigenvalue weighted by molar-refractivity contribution is 8.00. The highest BCUT2D eigenvalue weighted by Crippen LogP contribution is 2.39. The van der Waals surface area contributed by atoms with Gasteiger partial charge in [0.2, 0.25) is 11.7 Å². The fourth-order valence-electron chi connectivity index (χ4n) is 5.08. The van der Waals surface area contributed by atoms with E-state index in [-0.39, 0.29) is 11.6 Å². The zero-order valence-corrected chi connectivity index (χ0v) is 30.0. The second kappa shape index (κ2) is 18.2. The molecule has 0 spiro atoms. The number of ether oxygens (including phenoxy) is 4. The number of amides is 3. The van der Waals surface area contributed by atoms with Crippen LogP contribution in [0.4, 0.5) is 11.4 Å². The molecule has 1 unspecified atom stereocenters. The molecule has 0 aliphatic carbocycles. The maximum atomic E-state index is 13.8. The van der Waals surface area contributed by atoms with Gasteiger partial charge in [-0.25, -0.2) is 0 Å². The van der Waals surface area contributed by atoms with E-state index in [2.05, 4.69) is 16.0 Å². The van der Waals surface area contributed by atoms with Crippen molar-refractivity contribution < 1.29 is 33.3 Å². The van der Waals surface area contributed by atoms with Crippen LogP contribution in [-0.4, -0.2) is 44.3 Å². The first kappa shape index (κ1) is 37.1. The van der Waals surface area contributed by atoms with E-state index in [1.165, 1.54) is 39.2 Å². The van der Waals surface area contributed by atoms with Crippen molar-refractivity contribution in [2.45, 2.75) is 23.5 Å². The first-order valence-corrected chi connectivity index (χ1v) is 17.3. The number of hydrogen-bond donors (Lipinski definition) is 3. The van der Waals surface area contributed by atoms with E-state index in [0.29, 0.717) is 51.9 Å². The van der Waals surface area contributed by atoms with Crippen LogP contribution in [0.2, 0.25) is 0 Å². The van der Waals surface area contributed by atoms with Crippen LogP contribution >= 0.6 is 11.8 Å². The largest absolute Gasteiger partial charge is 0.493 e. The van der Waals surface area contributed by atoms with Gasteiger partial charge in [0.05, 0.1) is 26.6 Å². The Labute approximate surface area is 307 Å². The summed E-state index contributed by atoms with van der Waals surface area (Å²) < 4.78 is 22.2. The van der Waals surface area contributed by atoms with Crippen molar-refractivity contribution >= 4 is 46.9 Å². The maximum absolute atomic E-state index is 13.8. The summed E-state index contributed by atoms with van der Waals surface area (Å²) >= 11 is 1.38. The van der Waals surface area contributed by atoms with Crippen molar-refractivity contribution in [3.05, 3.63) is 138 Å². The van der Waals surface area contributed by atoms with E-state index in [0.717, 1.165) is 10.6 Å². The predicted octanol–water partition coefficient (Wildman–Crippen LogP) is 8.42. The molecule has 0 aliphatic rings. The number of methoxy groups -OCH3 is 3. The van der Waals surface area contributed by atoms with Gasteiger partial charge >= 0.3 is 0 Å². The Balaban J connectivity index is 1.30. The first-order chi connectivity index (χ1) is 25.3. The molecule has 0 saturated carbocycles. The van der Waals surface area contributed by atoms with Crippen LogP contribution in [0.25, 0.3) is 6.08 Å². The molecule has 0 bridgehead atoms. The molecule has 11 heteroatoms. The molecule has 5 aromatic carbocycles. The lowest BCUT2D eigenvalue weighted by molar-refractivity contribution is -0.116. The van der Waals surface area contributed by atoms with Crippen molar-refractivity contribution in [1.82, 2.24) is 5.32 Å². The molecule has 0 heterocycles. The smallest absolute Gasteiger partial charge is 0.272 e. The lowest BCUT2D eigenvalue weighted by atomic mass is 10.1. The van der Waals surface area contributed by atoms with Gasteiger partial charge in [0.15, 0.2) is 11.5 Å². The molecule has 3 N–H and O–H groups in total. The molecule has 0 aromatic heterocycles. The number of rotatable bonds is 15. The number of para-hydroxylation sites is 1. The minimum Gasteiger partial charge on any atom is -0.493 e. The molecule has 0 saturated heterocycles. The quantitative estimate of drug-likeness (QED) is 0.0729. The monoisotopic (exact) mass is 717 g/mol. The fraction of sp³-hybridized carbons (Fsp3) is 0.146. The third-order valence-electron chi connectivity index (χ3n) is 7.66. The van der Waals surface area contributed by atoms with Gasteiger partial charge in [0, 0.05) is 21.8 Å². The van der Waals surface area contributed by atoms with E-state index >= 15 is 0 Å². The SMILES string of the molecule is CCC(Sc1cccc(NC(=O)/C(=C\c2cc(OC)c(OC)c(OC)c2)NC(=O)c2ccccc2)c1)C(=O)Nc1ccc(Oc2ccccc2)cc1. The van der Waals surface area contributed by atoms with Gasteiger partial charge in [0.1, 0.15) is 17.2 Å². The van der Waals surface area contributed by atoms with Gasteiger partial charge in [-0.2, -0.15) is 0 Å². The van der Waals surface area contributed by atoms with Crippen molar-refractivity contribution in [3.63, 3.8) is 0 Å². The average molecular weight is 718 g/mol. The Morgan fingerprint density at radius 1 is 0.692 bits per heavy atom. The van der Waals surface area contributed by atoms with E-state index in [1.54, 1.807) is 84.9 Å². The number of anilines is 2. The van der Waals surface area contributed by atoms with Crippen molar-refractivity contribution in [2.75, 3.05) is 32.0 Å². The minimum absolute atomic E-state index is 0.0211. The van der Waals surface area contributed by atoms with Crippen molar-refractivity contribution in [3.8, 4) is 28.7 Å². The molecule has 52 heavy (non-hydrogen) atoms. The number of carbonyl (C=O) groups is 3. The topological polar surface area (TPSA) is 124 Å². The molecule has 0 aliphatic heterocycles. The Bertz CT molecular complexity index is 2000. The van der Waals surface area contributed by atoms with Crippen LogP contribution in [0.3, 0.4) is 0 Å². The molecule has 10 nitrogen and oxygen atoms in total. The Morgan fingerprint density at radius 3 is 1.94 bits per heavy atom. The lowest BCUT2D eigenvalue weighted by Crippen LogP contribution is -2.30. The predicted molar refractivity (Wildman–Crippen MR) is 205 cm³/mol. The number of hydrogen-bond acceptors (Lipinski definition) is 8. The summed E-state index contributed by atoms with van der Waals surface area (Å²) in [6.45, 7) is 1.94. The Morgan fingerprint density at radius 2 is 1.33 bits per heavy atom. The fourth-order valence-corrected chi connectivity index (χ4v) is 6.09. The molecule has 0 radical (unpaired) electrons. The zero-order chi connectivity index (χ0) is 36.9.